The van der Waals surface area contributed by atoms with Gasteiger partial charge >= 0.3 is 0 Å². The summed E-state index contributed by atoms with van der Waals surface area (Å²) in [6, 6.07) is 37.7. The molecule has 0 spiro atoms. The molecule has 5 rings (SSSR count). The first-order valence-corrected chi connectivity index (χ1v) is 12.8. The summed E-state index contributed by atoms with van der Waals surface area (Å²) in [7, 11) is 1.97. The molecular weight excluding hydrogens is 442 g/mol. The standard InChI is InChI=1S/C32H33N3O/c1-34(31(36)23-29(25-13-5-2-6-14-25)26-15-7-3-8-16-26)28-20-22-35(24-28)32(27-17-9-4-10-18-27)30-19-11-12-21-33-30/h2-19,21,28-29,32H,20,22-24H2,1H3/t28-,32?/m1/s1. The van der Waals surface area contributed by atoms with Crippen molar-refractivity contribution < 1.29 is 4.79 Å². The first-order valence-electron chi connectivity index (χ1n) is 12.8. The Morgan fingerprint density at radius 2 is 1.39 bits per heavy atom. The Balaban J connectivity index is 1.32. The van der Waals surface area contributed by atoms with Gasteiger partial charge in [0.1, 0.15) is 0 Å². The number of rotatable bonds is 8. The Morgan fingerprint density at radius 1 is 0.833 bits per heavy atom. The Morgan fingerprint density at radius 3 is 1.94 bits per heavy atom. The van der Waals surface area contributed by atoms with Crippen LogP contribution in [0.5, 0.6) is 0 Å². The molecule has 1 aliphatic rings. The van der Waals surface area contributed by atoms with Crippen LogP contribution in [0.1, 0.15) is 47.2 Å². The maximum absolute atomic E-state index is 13.6. The van der Waals surface area contributed by atoms with E-state index in [1.54, 1.807) is 0 Å². The summed E-state index contributed by atoms with van der Waals surface area (Å²) in [4.78, 5) is 22.7. The Labute approximate surface area is 214 Å². The van der Waals surface area contributed by atoms with E-state index in [0.29, 0.717) is 6.42 Å². The number of hydrogen-bond acceptors (Lipinski definition) is 3. The van der Waals surface area contributed by atoms with Crippen LogP contribution >= 0.6 is 0 Å². The summed E-state index contributed by atoms with van der Waals surface area (Å²) >= 11 is 0. The minimum absolute atomic E-state index is 0.0467. The van der Waals surface area contributed by atoms with Crippen LogP contribution in [0, 0.1) is 0 Å². The van der Waals surface area contributed by atoms with Gasteiger partial charge in [-0.05, 0) is 35.2 Å². The van der Waals surface area contributed by atoms with Gasteiger partial charge in [-0.2, -0.15) is 0 Å². The SMILES string of the molecule is CN(C(=O)CC(c1ccccc1)c1ccccc1)[C@@H]1CCN(C(c2ccccc2)c2ccccn2)C1. The van der Waals surface area contributed by atoms with Crippen molar-refractivity contribution in [1.82, 2.24) is 14.8 Å². The van der Waals surface area contributed by atoms with Crippen molar-refractivity contribution >= 4 is 5.91 Å². The molecule has 1 aromatic heterocycles. The van der Waals surface area contributed by atoms with Crippen LogP contribution in [0.25, 0.3) is 0 Å². The second-order valence-electron chi connectivity index (χ2n) is 9.59. The molecule has 1 saturated heterocycles. The number of likely N-dealkylation sites (tertiary alicyclic amines) is 1. The normalized spacial score (nSPS) is 16.7. The number of benzene rings is 3. The molecule has 4 aromatic rings. The molecule has 0 saturated carbocycles. The minimum Gasteiger partial charge on any atom is -0.341 e. The third kappa shape index (κ3) is 5.39. The number of carbonyl (C=O) groups excluding carboxylic acids is 1. The quantitative estimate of drug-likeness (QED) is 0.317. The molecule has 1 aliphatic heterocycles. The lowest BCUT2D eigenvalue weighted by Crippen LogP contribution is -2.40. The first kappa shape index (κ1) is 24.0. The Kier molecular flexibility index (Phi) is 7.53. The van der Waals surface area contributed by atoms with Crippen molar-refractivity contribution in [2.45, 2.75) is 30.8 Å². The van der Waals surface area contributed by atoms with E-state index in [1.165, 1.54) is 16.7 Å². The average Bonchev–Trinajstić information content (AvgIpc) is 3.43. The fraction of sp³-hybridized carbons (Fsp3) is 0.250. The molecule has 0 radical (unpaired) electrons. The van der Waals surface area contributed by atoms with E-state index in [1.807, 2.05) is 42.4 Å². The van der Waals surface area contributed by atoms with Crippen molar-refractivity contribution in [3.8, 4) is 0 Å². The maximum Gasteiger partial charge on any atom is 0.223 e. The molecule has 2 atom stereocenters. The second kappa shape index (κ2) is 11.3. The molecule has 4 nitrogen and oxygen atoms in total. The largest absolute Gasteiger partial charge is 0.341 e. The summed E-state index contributed by atoms with van der Waals surface area (Å²) in [5.41, 5.74) is 4.64. The number of carbonyl (C=O) groups is 1. The smallest absolute Gasteiger partial charge is 0.223 e. The van der Waals surface area contributed by atoms with Crippen molar-refractivity contribution in [1.29, 1.82) is 0 Å². The zero-order valence-electron chi connectivity index (χ0n) is 20.8. The summed E-state index contributed by atoms with van der Waals surface area (Å²) in [6.07, 6.45) is 3.28. The topological polar surface area (TPSA) is 36.4 Å². The summed E-state index contributed by atoms with van der Waals surface area (Å²) in [6.45, 7) is 1.76. The fourth-order valence-electron chi connectivity index (χ4n) is 5.38. The van der Waals surface area contributed by atoms with Crippen molar-refractivity contribution in [2.24, 2.45) is 0 Å². The average molecular weight is 476 g/mol. The number of aromatic nitrogens is 1. The van der Waals surface area contributed by atoms with Gasteiger partial charge in [0.2, 0.25) is 5.91 Å². The van der Waals surface area contributed by atoms with E-state index in [-0.39, 0.29) is 23.9 Å². The second-order valence-corrected chi connectivity index (χ2v) is 9.59. The summed E-state index contributed by atoms with van der Waals surface area (Å²) in [5.74, 6) is 0.235. The zero-order valence-corrected chi connectivity index (χ0v) is 20.8. The van der Waals surface area contributed by atoms with Gasteiger partial charge in [0.15, 0.2) is 0 Å². The molecule has 4 heteroatoms. The molecule has 0 aliphatic carbocycles. The van der Waals surface area contributed by atoms with E-state index < -0.39 is 0 Å². The van der Waals surface area contributed by atoms with Gasteiger partial charge in [-0.3, -0.25) is 14.7 Å². The van der Waals surface area contributed by atoms with E-state index >= 15 is 0 Å². The number of likely N-dealkylation sites (N-methyl/N-ethyl adjacent to an activating group) is 1. The molecule has 3 aromatic carbocycles. The third-order valence-electron chi connectivity index (χ3n) is 7.37. The van der Waals surface area contributed by atoms with Gasteiger partial charge in [0, 0.05) is 44.7 Å². The van der Waals surface area contributed by atoms with Crippen LogP contribution in [0.2, 0.25) is 0 Å². The molecular formula is C32H33N3O. The van der Waals surface area contributed by atoms with Crippen LogP contribution in [0.3, 0.4) is 0 Å². The number of hydrogen-bond donors (Lipinski definition) is 0. The van der Waals surface area contributed by atoms with E-state index in [4.69, 9.17) is 0 Å². The van der Waals surface area contributed by atoms with E-state index in [9.17, 15) is 4.79 Å². The molecule has 1 amide bonds. The van der Waals surface area contributed by atoms with Crippen LogP contribution in [-0.4, -0.2) is 46.9 Å². The van der Waals surface area contributed by atoms with E-state index in [2.05, 4.69) is 94.8 Å². The minimum atomic E-state index is 0.0467. The Hall–Kier alpha value is -3.76. The highest BCUT2D eigenvalue weighted by Crippen LogP contribution is 2.33. The van der Waals surface area contributed by atoms with Crippen molar-refractivity contribution in [2.75, 3.05) is 20.1 Å². The molecule has 1 unspecified atom stereocenters. The van der Waals surface area contributed by atoms with Crippen LogP contribution < -0.4 is 0 Å². The van der Waals surface area contributed by atoms with Gasteiger partial charge in [-0.25, -0.2) is 0 Å². The number of pyridine rings is 1. The predicted molar refractivity (Wildman–Crippen MR) is 145 cm³/mol. The summed E-state index contributed by atoms with van der Waals surface area (Å²) < 4.78 is 0. The predicted octanol–water partition coefficient (Wildman–Crippen LogP) is 5.93. The molecule has 2 heterocycles. The lowest BCUT2D eigenvalue weighted by atomic mass is 9.88. The van der Waals surface area contributed by atoms with Crippen LogP contribution in [0.15, 0.2) is 115 Å². The molecule has 0 bridgehead atoms. The molecule has 182 valence electrons. The lowest BCUT2D eigenvalue weighted by Gasteiger charge is -2.30. The highest BCUT2D eigenvalue weighted by molar-refractivity contribution is 5.78. The van der Waals surface area contributed by atoms with E-state index in [0.717, 1.165) is 25.2 Å². The Bertz CT molecular complexity index is 1150. The lowest BCUT2D eigenvalue weighted by molar-refractivity contribution is -0.132. The zero-order chi connectivity index (χ0) is 24.7. The van der Waals surface area contributed by atoms with Gasteiger partial charge in [-0.15, -0.1) is 0 Å². The number of nitrogens with zero attached hydrogens (tertiary/aromatic N) is 3. The highest BCUT2D eigenvalue weighted by Gasteiger charge is 2.34. The third-order valence-corrected chi connectivity index (χ3v) is 7.37. The van der Waals surface area contributed by atoms with Gasteiger partial charge in [0.05, 0.1) is 11.7 Å². The maximum atomic E-state index is 13.6. The fourth-order valence-corrected chi connectivity index (χ4v) is 5.38. The molecule has 1 fully saturated rings. The van der Waals surface area contributed by atoms with Crippen LogP contribution in [-0.2, 0) is 4.79 Å². The van der Waals surface area contributed by atoms with Crippen molar-refractivity contribution in [3.05, 3.63) is 138 Å². The van der Waals surface area contributed by atoms with Gasteiger partial charge < -0.3 is 4.90 Å². The van der Waals surface area contributed by atoms with Gasteiger partial charge in [0.25, 0.3) is 0 Å². The number of amides is 1. The molecule has 0 N–H and O–H groups in total. The van der Waals surface area contributed by atoms with Gasteiger partial charge in [-0.1, -0.05) is 97.1 Å². The monoisotopic (exact) mass is 475 g/mol. The summed E-state index contributed by atoms with van der Waals surface area (Å²) in [5, 5.41) is 0. The molecule has 36 heavy (non-hydrogen) atoms. The van der Waals surface area contributed by atoms with Crippen molar-refractivity contribution in [3.63, 3.8) is 0 Å². The first-order chi connectivity index (χ1) is 17.7. The highest BCUT2D eigenvalue weighted by atomic mass is 16.2. The van der Waals surface area contributed by atoms with Crippen LogP contribution in [0.4, 0.5) is 0 Å².